The summed E-state index contributed by atoms with van der Waals surface area (Å²) in [5.41, 5.74) is 7.65. The highest BCUT2D eigenvalue weighted by Gasteiger charge is 2.48. The summed E-state index contributed by atoms with van der Waals surface area (Å²) < 4.78 is 59.3. The lowest BCUT2D eigenvalue weighted by molar-refractivity contribution is 0.00497. The van der Waals surface area contributed by atoms with Gasteiger partial charge >= 0.3 is 0 Å². The van der Waals surface area contributed by atoms with E-state index in [1.807, 2.05) is 0 Å². The molecule has 8 heteroatoms. The topological polar surface area (TPSA) is 73.6 Å². The molecule has 1 aliphatic heterocycles. The van der Waals surface area contributed by atoms with Crippen molar-refractivity contribution in [3.8, 4) is 0 Å². The number of anilines is 1. The molecule has 0 aliphatic carbocycles. The molecular formula is C12H13F4N3O. The molecule has 2 rings (SSSR count). The van der Waals surface area contributed by atoms with E-state index < -0.39 is 41.3 Å². The molecule has 4 nitrogen and oxygen atoms in total. The Morgan fingerprint density at radius 3 is 2.55 bits per heavy atom. The first-order chi connectivity index (χ1) is 9.26. The summed E-state index contributed by atoms with van der Waals surface area (Å²) in [7, 11) is 0. The maximum Gasteiger partial charge on any atom is 0.283 e. The summed E-state index contributed by atoms with van der Waals surface area (Å²) in [5.74, 6) is -2.72. The van der Waals surface area contributed by atoms with Gasteiger partial charge in [0.25, 0.3) is 12.4 Å². The van der Waals surface area contributed by atoms with Crippen LogP contribution in [-0.4, -0.2) is 18.6 Å². The van der Waals surface area contributed by atoms with Crippen LogP contribution in [-0.2, 0) is 10.3 Å². The third-order valence-corrected chi connectivity index (χ3v) is 3.11. The van der Waals surface area contributed by atoms with E-state index in [1.165, 1.54) is 6.92 Å². The van der Waals surface area contributed by atoms with E-state index in [-0.39, 0.29) is 12.1 Å². The van der Waals surface area contributed by atoms with Gasteiger partial charge in [-0.3, -0.25) is 0 Å². The highest BCUT2D eigenvalue weighted by atomic mass is 19.3. The molecule has 20 heavy (non-hydrogen) atoms. The normalized spacial score (nSPS) is 26.3. The number of nitrogens with zero attached hydrogens (tertiary/aromatic N) is 1. The molecule has 2 atom stereocenters. The number of aliphatic imine (C=N–C) groups is 1. The molecule has 0 fully saturated rings. The summed E-state index contributed by atoms with van der Waals surface area (Å²) in [6.45, 7) is 1.49. The van der Waals surface area contributed by atoms with Gasteiger partial charge in [0, 0.05) is 17.7 Å². The average molecular weight is 291 g/mol. The van der Waals surface area contributed by atoms with Crippen molar-refractivity contribution in [2.24, 2.45) is 10.7 Å². The molecule has 1 aromatic rings. The van der Waals surface area contributed by atoms with Crippen molar-refractivity contribution in [1.29, 1.82) is 0 Å². The molecule has 110 valence electrons. The number of hydrogen-bond donors (Lipinski definition) is 2. The lowest BCUT2D eigenvalue weighted by Crippen LogP contribution is -2.44. The number of alkyl halides is 2. The fourth-order valence-corrected chi connectivity index (χ4v) is 2.31. The van der Waals surface area contributed by atoms with Gasteiger partial charge in [-0.05, 0) is 19.1 Å². The first-order valence-corrected chi connectivity index (χ1v) is 5.81. The van der Waals surface area contributed by atoms with Gasteiger partial charge in [0.15, 0.2) is 17.2 Å². The molecule has 0 bridgehead atoms. The molecule has 0 saturated carbocycles. The molecule has 1 aliphatic rings. The van der Waals surface area contributed by atoms with Gasteiger partial charge < -0.3 is 16.2 Å². The Morgan fingerprint density at radius 2 is 2.00 bits per heavy atom. The van der Waals surface area contributed by atoms with Crippen LogP contribution in [0, 0.1) is 11.6 Å². The van der Waals surface area contributed by atoms with Crippen molar-refractivity contribution in [3.63, 3.8) is 0 Å². The fourth-order valence-electron chi connectivity index (χ4n) is 2.31. The average Bonchev–Trinajstić information content (AvgIpc) is 2.32. The fraction of sp³-hybridized carbons (Fsp3) is 0.417. The van der Waals surface area contributed by atoms with Gasteiger partial charge in [-0.15, -0.1) is 0 Å². The van der Waals surface area contributed by atoms with E-state index >= 15 is 0 Å². The minimum Gasteiger partial charge on any atom is -0.462 e. The Morgan fingerprint density at radius 1 is 1.35 bits per heavy atom. The van der Waals surface area contributed by atoms with E-state index in [4.69, 9.17) is 16.2 Å². The van der Waals surface area contributed by atoms with Gasteiger partial charge in [-0.1, -0.05) is 0 Å². The van der Waals surface area contributed by atoms with Gasteiger partial charge in [0.2, 0.25) is 0 Å². The van der Waals surface area contributed by atoms with E-state index in [9.17, 15) is 17.6 Å². The smallest absolute Gasteiger partial charge is 0.283 e. The third kappa shape index (κ3) is 2.25. The van der Waals surface area contributed by atoms with Gasteiger partial charge in [0.1, 0.15) is 6.10 Å². The number of halogens is 4. The van der Waals surface area contributed by atoms with E-state index in [0.29, 0.717) is 6.07 Å². The first kappa shape index (κ1) is 14.4. The van der Waals surface area contributed by atoms with Crippen LogP contribution in [0.25, 0.3) is 0 Å². The number of nitrogens with two attached hydrogens (primary N) is 2. The van der Waals surface area contributed by atoms with Crippen LogP contribution >= 0.6 is 0 Å². The Balaban J connectivity index is 2.69. The Hall–Kier alpha value is -1.99. The van der Waals surface area contributed by atoms with Crippen molar-refractivity contribution in [1.82, 2.24) is 0 Å². The molecule has 0 unspecified atom stereocenters. The lowest BCUT2D eigenvalue weighted by atomic mass is 9.84. The zero-order chi connectivity index (χ0) is 15.1. The van der Waals surface area contributed by atoms with Crippen LogP contribution in [0.15, 0.2) is 17.1 Å². The highest BCUT2D eigenvalue weighted by molar-refractivity contribution is 5.73. The van der Waals surface area contributed by atoms with Crippen molar-refractivity contribution in [3.05, 3.63) is 29.3 Å². The van der Waals surface area contributed by atoms with Crippen molar-refractivity contribution >= 4 is 11.7 Å². The molecule has 0 radical (unpaired) electrons. The second kappa shape index (κ2) is 4.84. The maximum absolute atomic E-state index is 13.9. The Kier molecular flexibility index (Phi) is 3.49. The summed E-state index contributed by atoms with van der Waals surface area (Å²) in [6, 6.07) is 1.17. The first-order valence-electron chi connectivity index (χ1n) is 5.81. The summed E-state index contributed by atoms with van der Waals surface area (Å²) >= 11 is 0. The number of ether oxygens (including phenoxy) is 1. The highest BCUT2D eigenvalue weighted by Crippen LogP contribution is 2.42. The number of rotatable bonds is 2. The number of benzene rings is 1. The van der Waals surface area contributed by atoms with Crippen molar-refractivity contribution in [2.75, 3.05) is 5.73 Å². The predicted molar refractivity (Wildman–Crippen MR) is 65.2 cm³/mol. The van der Waals surface area contributed by atoms with Crippen molar-refractivity contribution in [2.45, 2.75) is 31.4 Å². The molecule has 1 aromatic carbocycles. The number of nitrogen functional groups attached to an aromatic ring is 1. The molecular weight excluding hydrogens is 278 g/mol. The number of hydrogen-bond acceptors (Lipinski definition) is 4. The van der Waals surface area contributed by atoms with Crippen molar-refractivity contribution < 1.29 is 22.3 Å². The minimum atomic E-state index is -3.09. The zero-order valence-corrected chi connectivity index (χ0v) is 10.5. The standard InChI is InChI=1S/C12H13F4N3O/c1-5-4-12(10(15)16,19-11(18)20-5)7-2-6(17)3-8(13)9(7)14/h2-3,5,10H,4,17H2,1H3,(H2,18,19)/t5-,12-/m1/s1. The second-order valence-electron chi connectivity index (χ2n) is 4.67. The van der Waals surface area contributed by atoms with E-state index in [1.54, 1.807) is 0 Å². The quantitative estimate of drug-likeness (QED) is 0.647. The van der Waals surface area contributed by atoms with Crippen LogP contribution in [0.5, 0.6) is 0 Å². The Labute approximate surface area is 112 Å². The lowest BCUT2D eigenvalue weighted by Gasteiger charge is -2.36. The summed E-state index contributed by atoms with van der Waals surface area (Å²) in [4.78, 5) is 3.54. The van der Waals surface area contributed by atoms with E-state index in [0.717, 1.165) is 6.07 Å². The number of amidine groups is 1. The minimum absolute atomic E-state index is 0.174. The molecule has 0 aromatic heterocycles. The second-order valence-corrected chi connectivity index (χ2v) is 4.67. The van der Waals surface area contributed by atoms with Crippen LogP contribution < -0.4 is 11.5 Å². The SMILES string of the molecule is C[C@@H]1C[C@@](c2cc(N)cc(F)c2F)(C(F)F)N=C(N)O1. The third-order valence-electron chi connectivity index (χ3n) is 3.11. The van der Waals surface area contributed by atoms with Crippen LogP contribution in [0.2, 0.25) is 0 Å². The van der Waals surface area contributed by atoms with Gasteiger partial charge in [0.05, 0.1) is 0 Å². The monoisotopic (exact) mass is 291 g/mol. The Bertz CT molecular complexity index is 564. The molecule has 0 saturated heterocycles. The zero-order valence-electron chi connectivity index (χ0n) is 10.5. The van der Waals surface area contributed by atoms with Crippen LogP contribution in [0.1, 0.15) is 18.9 Å². The summed E-state index contributed by atoms with van der Waals surface area (Å²) in [5, 5.41) is 0. The molecule has 0 amide bonds. The molecule has 4 N–H and O–H groups in total. The predicted octanol–water partition coefficient (Wildman–Crippen LogP) is 2.13. The molecule has 0 spiro atoms. The summed E-state index contributed by atoms with van der Waals surface area (Å²) in [6.07, 6.45) is -4.15. The van der Waals surface area contributed by atoms with Gasteiger partial charge in [-0.2, -0.15) is 0 Å². The van der Waals surface area contributed by atoms with Gasteiger partial charge in [-0.25, -0.2) is 22.6 Å². The largest absolute Gasteiger partial charge is 0.462 e. The molecule has 1 heterocycles. The van der Waals surface area contributed by atoms with Crippen LogP contribution in [0.3, 0.4) is 0 Å². The van der Waals surface area contributed by atoms with E-state index in [2.05, 4.69) is 4.99 Å². The maximum atomic E-state index is 13.9. The van der Waals surface area contributed by atoms with Crippen LogP contribution in [0.4, 0.5) is 23.2 Å².